The Balaban J connectivity index is 1.74. The molecule has 0 radical (unpaired) electrons. The quantitative estimate of drug-likeness (QED) is 0.776. The molecule has 2 atom stereocenters. The summed E-state index contributed by atoms with van der Waals surface area (Å²) in [5, 5.41) is 3.72. The summed E-state index contributed by atoms with van der Waals surface area (Å²) in [6, 6.07) is 0.774. The smallest absolute Gasteiger partial charge is 0.0195 e. The van der Waals surface area contributed by atoms with E-state index in [1.165, 1.54) is 71.1 Å². The van der Waals surface area contributed by atoms with Gasteiger partial charge >= 0.3 is 0 Å². The first-order chi connectivity index (χ1) is 7.84. The first kappa shape index (κ1) is 12.4. The van der Waals surface area contributed by atoms with Gasteiger partial charge in [-0.2, -0.15) is 0 Å². The zero-order valence-corrected chi connectivity index (χ0v) is 10.9. The molecule has 2 aliphatic rings. The zero-order valence-electron chi connectivity index (χ0n) is 10.9. The van der Waals surface area contributed by atoms with Gasteiger partial charge in [0.05, 0.1) is 0 Å². The lowest BCUT2D eigenvalue weighted by Crippen LogP contribution is -2.41. The summed E-state index contributed by atoms with van der Waals surface area (Å²) >= 11 is 0. The summed E-state index contributed by atoms with van der Waals surface area (Å²) in [6.45, 7) is 7.62. The van der Waals surface area contributed by atoms with Gasteiger partial charge < -0.3 is 10.2 Å². The summed E-state index contributed by atoms with van der Waals surface area (Å²) in [6.07, 6.45) is 9.90. The summed E-state index contributed by atoms with van der Waals surface area (Å²) in [5.74, 6) is 0.951. The average Bonchev–Trinajstić information content (AvgIpc) is 2.63. The standard InChI is InChI=1S/C14H28N2/c1-13-6-5-10-16(11-8-13)12-14-7-3-2-4-9-15-14/h13-15H,2-12H2,1H3. The van der Waals surface area contributed by atoms with Gasteiger partial charge in [0.1, 0.15) is 0 Å². The normalized spacial score (nSPS) is 34.3. The van der Waals surface area contributed by atoms with Crippen LogP contribution in [0.5, 0.6) is 0 Å². The molecule has 0 aromatic rings. The van der Waals surface area contributed by atoms with Crippen LogP contribution in [0.4, 0.5) is 0 Å². The van der Waals surface area contributed by atoms with Crippen molar-refractivity contribution >= 4 is 0 Å². The Labute approximate surface area is 101 Å². The van der Waals surface area contributed by atoms with Crippen molar-refractivity contribution in [3.05, 3.63) is 0 Å². The van der Waals surface area contributed by atoms with E-state index in [9.17, 15) is 0 Å². The molecule has 2 aliphatic heterocycles. The van der Waals surface area contributed by atoms with Gasteiger partial charge in [0, 0.05) is 12.6 Å². The highest BCUT2D eigenvalue weighted by Crippen LogP contribution is 2.17. The molecule has 2 nitrogen and oxygen atoms in total. The van der Waals surface area contributed by atoms with Crippen molar-refractivity contribution in [3.8, 4) is 0 Å². The van der Waals surface area contributed by atoms with E-state index < -0.39 is 0 Å². The predicted molar refractivity (Wildman–Crippen MR) is 69.7 cm³/mol. The molecule has 0 aliphatic carbocycles. The molecule has 2 heteroatoms. The van der Waals surface area contributed by atoms with Crippen LogP contribution in [0.25, 0.3) is 0 Å². The van der Waals surface area contributed by atoms with Crippen molar-refractivity contribution in [2.45, 2.75) is 57.9 Å². The number of likely N-dealkylation sites (tertiary alicyclic amines) is 1. The Hall–Kier alpha value is -0.0800. The van der Waals surface area contributed by atoms with Crippen LogP contribution in [0.3, 0.4) is 0 Å². The number of hydrogen-bond acceptors (Lipinski definition) is 2. The Bertz CT molecular complexity index is 185. The molecule has 0 spiro atoms. The van der Waals surface area contributed by atoms with Crippen LogP contribution in [0, 0.1) is 5.92 Å². The third-order valence-electron chi connectivity index (χ3n) is 4.25. The summed E-state index contributed by atoms with van der Waals surface area (Å²) in [5.41, 5.74) is 0. The number of nitrogens with one attached hydrogen (secondary N) is 1. The number of hydrogen-bond donors (Lipinski definition) is 1. The van der Waals surface area contributed by atoms with Crippen molar-refractivity contribution in [2.24, 2.45) is 5.92 Å². The fraction of sp³-hybridized carbons (Fsp3) is 1.00. The second-order valence-electron chi connectivity index (χ2n) is 5.84. The van der Waals surface area contributed by atoms with Gasteiger partial charge in [0.15, 0.2) is 0 Å². The van der Waals surface area contributed by atoms with Crippen LogP contribution in [0.1, 0.15) is 51.9 Å². The van der Waals surface area contributed by atoms with E-state index in [0.717, 1.165) is 12.0 Å². The monoisotopic (exact) mass is 224 g/mol. The van der Waals surface area contributed by atoms with Gasteiger partial charge in [-0.1, -0.05) is 19.8 Å². The minimum absolute atomic E-state index is 0.774. The van der Waals surface area contributed by atoms with Gasteiger partial charge in [0.25, 0.3) is 0 Å². The van der Waals surface area contributed by atoms with E-state index in [2.05, 4.69) is 17.1 Å². The van der Waals surface area contributed by atoms with Crippen LogP contribution in [0.2, 0.25) is 0 Å². The lowest BCUT2D eigenvalue weighted by Gasteiger charge is -2.26. The lowest BCUT2D eigenvalue weighted by molar-refractivity contribution is 0.245. The van der Waals surface area contributed by atoms with Crippen molar-refractivity contribution < 1.29 is 0 Å². The second kappa shape index (κ2) is 6.61. The van der Waals surface area contributed by atoms with Gasteiger partial charge in [-0.3, -0.25) is 0 Å². The molecule has 2 rings (SSSR count). The fourth-order valence-corrected chi connectivity index (χ4v) is 3.07. The van der Waals surface area contributed by atoms with Crippen molar-refractivity contribution in [1.29, 1.82) is 0 Å². The first-order valence-electron chi connectivity index (χ1n) is 7.30. The lowest BCUT2D eigenvalue weighted by atomic mass is 10.0. The molecular weight excluding hydrogens is 196 g/mol. The maximum Gasteiger partial charge on any atom is 0.0195 e. The first-order valence-corrected chi connectivity index (χ1v) is 7.30. The van der Waals surface area contributed by atoms with E-state index >= 15 is 0 Å². The molecule has 0 bridgehead atoms. The molecule has 2 saturated heterocycles. The van der Waals surface area contributed by atoms with E-state index in [4.69, 9.17) is 0 Å². The molecular formula is C14H28N2. The van der Waals surface area contributed by atoms with E-state index in [1.807, 2.05) is 0 Å². The largest absolute Gasteiger partial charge is 0.313 e. The molecule has 2 unspecified atom stereocenters. The third kappa shape index (κ3) is 4.06. The molecule has 1 N–H and O–H groups in total. The topological polar surface area (TPSA) is 15.3 Å². The molecule has 0 amide bonds. The minimum atomic E-state index is 0.774. The molecule has 2 fully saturated rings. The molecule has 94 valence electrons. The van der Waals surface area contributed by atoms with Gasteiger partial charge in [0.2, 0.25) is 0 Å². The van der Waals surface area contributed by atoms with E-state index in [1.54, 1.807) is 0 Å². The van der Waals surface area contributed by atoms with Crippen LogP contribution in [-0.2, 0) is 0 Å². The van der Waals surface area contributed by atoms with Crippen molar-refractivity contribution in [2.75, 3.05) is 26.2 Å². The highest BCUT2D eigenvalue weighted by molar-refractivity contribution is 4.77. The predicted octanol–water partition coefficient (Wildman–Crippen LogP) is 2.64. The van der Waals surface area contributed by atoms with Gasteiger partial charge in [-0.15, -0.1) is 0 Å². The Kier molecular flexibility index (Phi) is 5.11. The Morgan fingerprint density at radius 3 is 2.88 bits per heavy atom. The van der Waals surface area contributed by atoms with Crippen molar-refractivity contribution in [3.63, 3.8) is 0 Å². The van der Waals surface area contributed by atoms with E-state index in [-0.39, 0.29) is 0 Å². The Morgan fingerprint density at radius 2 is 1.94 bits per heavy atom. The Morgan fingerprint density at radius 1 is 1.00 bits per heavy atom. The average molecular weight is 224 g/mol. The highest BCUT2D eigenvalue weighted by atomic mass is 15.1. The minimum Gasteiger partial charge on any atom is -0.313 e. The zero-order chi connectivity index (χ0) is 11.2. The number of rotatable bonds is 2. The second-order valence-corrected chi connectivity index (χ2v) is 5.84. The van der Waals surface area contributed by atoms with Crippen LogP contribution >= 0.6 is 0 Å². The maximum absolute atomic E-state index is 3.72. The summed E-state index contributed by atoms with van der Waals surface area (Å²) in [7, 11) is 0. The molecule has 16 heavy (non-hydrogen) atoms. The van der Waals surface area contributed by atoms with Crippen molar-refractivity contribution in [1.82, 2.24) is 10.2 Å². The molecule has 0 saturated carbocycles. The SMILES string of the molecule is CC1CCCN(CC2CCCCCN2)CC1. The number of nitrogens with zero attached hydrogens (tertiary/aromatic N) is 1. The van der Waals surface area contributed by atoms with Gasteiger partial charge in [-0.25, -0.2) is 0 Å². The maximum atomic E-state index is 3.72. The van der Waals surface area contributed by atoms with Crippen LogP contribution in [0.15, 0.2) is 0 Å². The van der Waals surface area contributed by atoms with Crippen LogP contribution < -0.4 is 5.32 Å². The summed E-state index contributed by atoms with van der Waals surface area (Å²) in [4.78, 5) is 2.70. The molecule has 0 aromatic heterocycles. The molecule has 2 heterocycles. The van der Waals surface area contributed by atoms with E-state index in [0.29, 0.717) is 0 Å². The fourth-order valence-electron chi connectivity index (χ4n) is 3.07. The third-order valence-corrected chi connectivity index (χ3v) is 4.25. The molecule has 0 aromatic carbocycles. The van der Waals surface area contributed by atoms with Gasteiger partial charge in [-0.05, 0) is 57.7 Å². The van der Waals surface area contributed by atoms with Crippen LogP contribution in [-0.4, -0.2) is 37.1 Å². The summed E-state index contributed by atoms with van der Waals surface area (Å²) < 4.78 is 0. The highest BCUT2D eigenvalue weighted by Gasteiger charge is 2.18.